The average molecular weight is 226 g/mol. The first kappa shape index (κ1) is 10.9. The van der Waals surface area contributed by atoms with Crippen LogP contribution in [0.25, 0.3) is 0 Å². The molecule has 1 heterocycles. The lowest BCUT2D eigenvalue weighted by molar-refractivity contribution is 0.190. The van der Waals surface area contributed by atoms with Crippen molar-refractivity contribution in [3.63, 3.8) is 0 Å². The van der Waals surface area contributed by atoms with Gasteiger partial charge in [-0.25, -0.2) is 0 Å². The zero-order valence-electron chi connectivity index (χ0n) is 8.92. The lowest BCUT2D eigenvalue weighted by atomic mass is 10.1. The van der Waals surface area contributed by atoms with E-state index in [9.17, 15) is 0 Å². The highest BCUT2D eigenvalue weighted by Crippen LogP contribution is 2.16. The van der Waals surface area contributed by atoms with Gasteiger partial charge in [0.05, 0.1) is 6.61 Å². The molecular formula is C12H16ClNO. The number of benzene rings is 1. The molecule has 82 valence electrons. The Morgan fingerprint density at radius 1 is 1.53 bits per heavy atom. The van der Waals surface area contributed by atoms with E-state index in [-0.39, 0.29) is 0 Å². The van der Waals surface area contributed by atoms with Gasteiger partial charge in [-0.05, 0) is 30.5 Å². The van der Waals surface area contributed by atoms with Gasteiger partial charge in [-0.1, -0.05) is 23.7 Å². The van der Waals surface area contributed by atoms with Gasteiger partial charge in [-0.3, -0.25) is 0 Å². The second-order valence-corrected chi connectivity index (χ2v) is 4.43. The third kappa shape index (κ3) is 2.94. The number of hydrogen-bond acceptors (Lipinski definition) is 2. The van der Waals surface area contributed by atoms with Crippen molar-refractivity contribution in [1.82, 2.24) is 5.32 Å². The van der Waals surface area contributed by atoms with Crippen LogP contribution in [0.2, 0.25) is 5.02 Å². The fourth-order valence-corrected chi connectivity index (χ4v) is 1.91. The van der Waals surface area contributed by atoms with Crippen molar-refractivity contribution in [3.05, 3.63) is 34.3 Å². The SMILES string of the molecule is Cc1ccc(CNC2CCOC2)cc1Cl. The molecule has 1 aliphatic heterocycles. The highest BCUT2D eigenvalue weighted by atomic mass is 35.5. The van der Waals surface area contributed by atoms with Crippen molar-refractivity contribution in [2.45, 2.75) is 25.9 Å². The van der Waals surface area contributed by atoms with Gasteiger partial charge < -0.3 is 10.1 Å². The predicted octanol–water partition coefficient (Wildman–Crippen LogP) is 2.53. The zero-order valence-corrected chi connectivity index (χ0v) is 9.68. The van der Waals surface area contributed by atoms with E-state index in [1.807, 2.05) is 13.0 Å². The molecule has 0 aromatic heterocycles. The maximum Gasteiger partial charge on any atom is 0.0620 e. The van der Waals surface area contributed by atoms with Gasteiger partial charge in [0.15, 0.2) is 0 Å². The lowest BCUT2D eigenvalue weighted by Gasteiger charge is -2.10. The van der Waals surface area contributed by atoms with E-state index in [4.69, 9.17) is 16.3 Å². The van der Waals surface area contributed by atoms with Crippen molar-refractivity contribution in [2.75, 3.05) is 13.2 Å². The zero-order chi connectivity index (χ0) is 10.7. The highest BCUT2D eigenvalue weighted by Gasteiger charge is 2.14. The largest absolute Gasteiger partial charge is 0.380 e. The molecule has 2 rings (SSSR count). The van der Waals surface area contributed by atoms with E-state index >= 15 is 0 Å². The van der Waals surface area contributed by atoms with Crippen LogP contribution in [-0.4, -0.2) is 19.3 Å². The van der Waals surface area contributed by atoms with Crippen LogP contribution in [0.15, 0.2) is 18.2 Å². The summed E-state index contributed by atoms with van der Waals surface area (Å²) in [5.74, 6) is 0. The van der Waals surface area contributed by atoms with E-state index in [2.05, 4.69) is 17.4 Å². The van der Waals surface area contributed by atoms with Crippen molar-refractivity contribution in [3.8, 4) is 0 Å². The normalized spacial score (nSPS) is 20.8. The van der Waals surface area contributed by atoms with Crippen LogP contribution in [0.3, 0.4) is 0 Å². The lowest BCUT2D eigenvalue weighted by Crippen LogP contribution is -2.28. The van der Waals surface area contributed by atoms with E-state index < -0.39 is 0 Å². The van der Waals surface area contributed by atoms with Crippen LogP contribution in [0.5, 0.6) is 0 Å². The molecule has 15 heavy (non-hydrogen) atoms. The fourth-order valence-electron chi connectivity index (χ4n) is 1.70. The Bertz CT molecular complexity index is 334. The molecule has 1 aromatic rings. The number of hydrogen-bond donors (Lipinski definition) is 1. The van der Waals surface area contributed by atoms with Gasteiger partial charge in [0, 0.05) is 24.2 Å². The Morgan fingerprint density at radius 2 is 2.40 bits per heavy atom. The summed E-state index contributed by atoms with van der Waals surface area (Å²) in [4.78, 5) is 0. The summed E-state index contributed by atoms with van der Waals surface area (Å²) in [6.45, 7) is 4.60. The van der Waals surface area contributed by atoms with Crippen molar-refractivity contribution < 1.29 is 4.74 Å². The van der Waals surface area contributed by atoms with Crippen molar-refractivity contribution >= 4 is 11.6 Å². The summed E-state index contributed by atoms with van der Waals surface area (Å²) in [7, 11) is 0. The minimum atomic E-state index is 0.505. The van der Waals surface area contributed by atoms with Gasteiger partial charge in [0.2, 0.25) is 0 Å². The van der Waals surface area contributed by atoms with Crippen LogP contribution in [-0.2, 0) is 11.3 Å². The maximum absolute atomic E-state index is 6.06. The van der Waals surface area contributed by atoms with Gasteiger partial charge in [-0.2, -0.15) is 0 Å². The summed E-state index contributed by atoms with van der Waals surface area (Å²) in [5, 5.41) is 4.31. The second-order valence-electron chi connectivity index (χ2n) is 4.02. The standard InChI is InChI=1S/C12H16ClNO/c1-9-2-3-10(6-12(9)13)7-14-11-4-5-15-8-11/h2-3,6,11,14H,4-5,7-8H2,1H3. The molecule has 0 amide bonds. The molecule has 2 nitrogen and oxygen atoms in total. The molecule has 1 fully saturated rings. The Balaban J connectivity index is 1.90. The Labute approximate surface area is 95.6 Å². The van der Waals surface area contributed by atoms with Gasteiger partial charge in [0.1, 0.15) is 0 Å². The first-order valence-corrected chi connectivity index (χ1v) is 5.69. The third-order valence-electron chi connectivity index (χ3n) is 2.76. The van der Waals surface area contributed by atoms with Crippen LogP contribution in [0.1, 0.15) is 17.5 Å². The molecule has 1 unspecified atom stereocenters. The van der Waals surface area contributed by atoms with Crippen molar-refractivity contribution in [2.24, 2.45) is 0 Å². The topological polar surface area (TPSA) is 21.3 Å². The first-order chi connectivity index (χ1) is 7.25. The molecule has 0 spiro atoms. The minimum Gasteiger partial charge on any atom is -0.380 e. The monoisotopic (exact) mass is 225 g/mol. The van der Waals surface area contributed by atoms with E-state index in [1.165, 1.54) is 5.56 Å². The molecule has 0 saturated carbocycles. The summed E-state index contributed by atoms with van der Waals surface area (Å²) in [6.07, 6.45) is 1.11. The Kier molecular flexibility index (Phi) is 3.62. The van der Waals surface area contributed by atoms with Crippen molar-refractivity contribution in [1.29, 1.82) is 0 Å². The fraction of sp³-hybridized carbons (Fsp3) is 0.500. The molecule has 0 aliphatic carbocycles. The van der Waals surface area contributed by atoms with E-state index in [1.54, 1.807) is 0 Å². The number of nitrogens with one attached hydrogen (secondary N) is 1. The number of ether oxygens (including phenoxy) is 1. The highest BCUT2D eigenvalue weighted by molar-refractivity contribution is 6.31. The molecule has 1 N–H and O–H groups in total. The Hall–Kier alpha value is -0.570. The molecular weight excluding hydrogens is 210 g/mol. The van der Waals surface area contributed by atoms with Gasteiger partial charge in [0.25, 0.3) is 0 Å². The molecule has 0 radical (unpaired) electrons. The molecule has 3 heteroatoms. The second kappa shape index (κ2) is 4.97. The average Bonchev–Trinajstić information content (AvgIpc) is 2.73. The molecule has 1 aliphatic rings. The van der Waals surface area contributed by atoms with Crippen LogP contribution in [0.4, 0.5) is 0 Å². The molecule has 1 saturated heterocycles. The van der Waals surface area contributed by atoms with Crippen LogP contribution >= 0.6 is 11.6 Å². The minimum absolute atomic E-state index is 0.505. The van der Waals surface area contributed by atoms with Crippen LogP contribution < -0.4 is 5.32 Å². The van der Waals surface area contributed by atoms with E-state index in [0.29, 0.717) is 6.04 Å². The maximum atomic E-state index is 6.06. The molecule has 0 bridgehead atoms. The van der Waals surface area contributed by atoms with Gasteiger partial charge >= 0.3 is 0 Å². The first-order valence-electron chi connectivity index (χ1n) is 5.32. The summed E-state index contributed by atoms with van der Waals surface area (Å²) in [6, 6.07) is 6.71. The van der Waals surface area contributed by atoms with E-state index in [0.717, 1.165) is 36.8 Å². The smallest absolute Gasteiger partial charge is 0.0620 e. The summed E-state index contributed by atoms with van der Waals surface area (Å²) < 4.78 is 5.30. The van der Waals surface area contributed by atoms with Gasteiger partial charge in [-0.15, -0.1) is 0 Å². The number of halogens is 1. The molecule has 1 atom stereocenters. The Morgan fingerprint density at radius 3 is 3.07 bits per heavy atom. The quantitative estimate of drug-likeness (QED) is 0.854. The number of rotatable bonds is 3. The summed E-state index contributed by atoms with van der Waals surface area (Å²) >= 11 is 6.06. The third-order valence-corrected chi connectivity index (χ3v) is 3.17. The van der Waals surface area contributed by atoms with Crippen LogP contribution in [0, 0.1) is 6.92 Å². The summed E-state index contributed by atoms with van der Waals surface area (Å²) in [5.41, 5.74) is 2.36. The number of aryl methyl sites for hydroxylation is 1. The molecule has 1 aromatic carbocycles. The predicted molar refractivity (Wildman–Crippen MR) is 62.3 cm³/mol.